The van der Waals surface area contributed by atoms with E-state index in [4.69, 9.17) is 0 Å². The van der Waals surface area contributed by atoms with Crippen molar-refractivity contribution >= 4 is 5.97 Å². The Bertz CT molecular complexity index is 323. The highest BCUT2D eigenvalue weighted by Crippen LogP contribution is 2.49. The van der Waals surface area contributed by atoms with Gasteiger partial charge in [0.25, 0.3) is 0 Å². The van der Waals surface area contributed by atoms with Crippen molar-refractivity contribution in [1.29, 1.82) is 0 Å². The predicted molar refractivity (Wildman–Crippen MR) is 92.0 cm³/mol. The summed E-state index contributed by atoms with van der Waals surface area (Å²) < 4.78 is 0. The van der Waals surface area contributed by atoms with E-state index in [-0.39, 0.29) is 5.41 Å². The van der Waals surface area contributed by atoms with Crippen LogP contribution in [0.15, 0.2) is 0 Å². The molecule has 2 rings (SSSR count). The van der Waals surface area contributed by atoms with Gasteiger partial charge in [0.05, 0.1) is 5.41 Å². The van der Waals surface area contributed by atoms with Gasteiger partial charge in [-0.2, -0.15) is 0 Å². The lowest BCUT2D eigenvalue weighted by Gasteiger charge is -2.43. The molecule has 0 heterocycles. The van der Waals surface area contributed by atoms with Crippen molar-refractivity contribution in [1.82, 2.24) is 0 Å². The molecule has 0 aromatic rings. The molecule has 2 heteroatoms. The average Bonchev–Trinajstić information content (AvgIpc) is 2.56. The molecule has 2 aliphatic rings. The van der Waals surface area contributed by atoms with Gasteiger partial charge in [0.1, 0.15) is 0 Å². The van der Waals surface area contributed by atoms with Crippen LogP contribution in [0.4, 0.5) is 0 Å². The molecule has 22 heavy (non-hydrogen) atoms. The van der Waals surface area contributed by atoms with Gasteiger partial charge in [-0.25, -0.2) is 0 Å². The molecule has 128 valence electrons. The van der Waals surface area contributed by atoms with Crippen molar-refractivity contribution < 1.29 is 9.90 Å². The fourth-order valence-corrected chi connectivity index (χ4v) is 5.02. The molecule has 0 atom stereocenters. The number of aliphatic carboxylic acids is 1. The number of hydrogen-bond acceptors (Lipinski definition) is 1. The van der Waals surface area contributed by atoms with Crippen molar-refractivity contribution in [2.75, 3.05) is 0 Å². The summed E-state index contributed by atoms with van der Waals surface area (Å²) in [7, 11) is 0. The van der Waals surface area contributed by atoms with Gasteiger partial charge in [-0.15, -0.1) is 0 Å². The Labute approximate surface area is 137 Å². The van der Waals surface area contributed by atoms with E-state index in [9.17, 15) is 9.90 Å². The summed E-state index contributed by atoms with van der Waals surface area (Å²) in [5.74, 6) is 0.851. The topological polar surface area (TPSA) is 37.3 Å². The van der Waals surface area contributed by atoms with E-state index >= 15 is 0 Å². The second-order valence-electron chi connectivity index (χ2n) is 7.94. The van der Waals surface area contributed by atoms with E-state index in [0.29, 0.717) is 5.92 Å². The van der Waals surface area contributed by atoms with Gasteiger partial charge in [-0.1, -0.05) is 77.6 Å². The molecule has 0 bridgehead atoms. The van der Waals surface area contributed by atoms with Gasteiger partial charge < -0.3 is 5.11 Å². The minimum Gasteiger partial charge on any atom is -0.481 e. The zero-order valence-corrected chi connectivity index (χ0v) is 14.6. The molecule has 0 aromatic carbocycles. The third kappa shape index (κ3) is 4.49. The molecule has 0 saturated heterocycles. The normalized spacial score (nSPS) is 28.4. The van der Waals surface area contributed by atoms with Crippen molar-refractivity contribution in [2.24, 2.45) is 17.3 Å². The number of carboxylic acids is 1. The van der Waals surface area contributed by atoms with Crippen molar-refractivity contribution in [3.8, 4) is 0 Å². The Morgan fingerprint density at radius 2 is 1.59 bits per heavy atom. The predicted octanol–water partition coefficient (Wildman–Crippen LogP) is 6.19. The molecule has 0 amide bonds. The Kier molecular flexibility index (Phi) is 7.24. The van der Waals surface area contributed by atoms with Crippen LogP contribution in [0, 0.1) is 17.3 Å². The summed E-state index contributed by atoms with van der Waals surface area (Å²) in [5, 5.41) is 9.83. The fraction of sp³-hybridized carbons (Fsp3) is 0.950. The fourth-order valence-electron chi connectivity index (χ4n) is 5.02. The first-order valence-corrected chi connectivity index (χ1v) is 9.92. The van der Waals surface area contributed by atoms with Gasteiger partial charge in [-0.3, -0.25) is 4.79 Å². The van der Waals surface area contributed by atoms with Crippen molar-refractivity contribution in [3.05, 3.63) is 0 Å². The summed E-state index contributed by atoms with van der Waals surface area (Å²) in [6, 6.07) is 0. The van der Waals surface area contributed by atoms with Crippen LogP contribution >= 0.6 is 0 Å². The lowest BCUT2D eigenvalue weighted by Crippen LogP contribution is -2.42. The number of unbranched alkanes of at least 4 members (excludes halogenated alkanes) is 4. The maximum atomic E-state index is 11.9. The third-order valence-electron chi connectivity index (χ3n) is 6.52. The lowest BCUT2D eigenvalue weighted by atomic mass is 9.60. The lowest BCUT2D eigenvalue weighted by molar-refractivity contribution is -0.157. The standard InChI is InChI=1S/C20H36O2/c1-2-3-4-5-7-10-17-11-13-18(14-12-17)20(19(21)22)15-8-6-9-16-20/h17-18H,2-16H2,1H3,(H,21,22)/t17-,18-. The molecule has 0 spiro atoms. The first-order valence-electron chi connectivity index (χ1n) is 9.92. The zero-order valence-electron chi connectivity index (χ0n) is 14.6. The summed E-state index contributed by atoms with van der Waals surface area (Å²) >= 11 is 0. The summed E-state index contributed by atoms with van der Waals surface area (Å²) in [4.78, 5) is 11.9. The molecule has 2 nitrogen and oxygen atoms in total. The molecule has 2 saturated carbocycles. The molecular formula is C20H36O2. The highest BCUT2D eigenvalue weighted by atomic mass is 16.4. The number of rotatable bonds is 8. The summed E-state index contributed by atoms with van der Waals surface area (Å²) in [5.41, 5.74) is -0.357. The van der Waals surface area contributed by atoms with Crippen LogP contribution in [0.25, 0.3) is 0 Å². The minimum absolute atomic E-state index is 0.357. The third-order valence-corrected chi connectivity index (χ3v) is 6.52. The zero-order chi connectivity index (χ0) is 15.8. The highest BCUT2D eigenvalue weighted by Gasteiger charge is 2.46. The van der Waals surface area contributed by atoms with Gasteiger partial charge in [0.2, 0.25) is 0 Å². The van der Waals surface area contributed by atoms with Crippen LogP contribution < -0.4 is 0 Å². The van der Waals surface area contributed by atoms with Gasteiger partial charge in [-0.05, 0) is 37.5 Å². The first kappa shape index (κ1) is 17.8. The Morgan fingerprint density at radius 1 is 0.955 bits per heavy atom. The first-order chi connectivity index (χ1) is 10.7. The largest absolute Gasteiger partial charge is 0.481 e. The quantitative estimate of drug-likeness (QED) is 0.543. The number of carboxylic acid groups (broad SMARTS) is 1. The van der Waals surface area contributed by atoms with Crippen molar-refractivity contribution in [3.63, 3.8) is 0 Å². The molecule has 2 aliphatic carbocycles. The second-order valence-corrected chi connectivity index (χ2v) is 7.94. The smallest absolute Gasteiger partial charge is 0.309 e. The Hall–Kier alpha value is -0.530. The SMILES string of the molecule is CCCCCCC[C@H]1CC[C@H](C2(C(=O)O)CCCCC2)CC1. The van der Waals surface area contributed by atoms with Gasteiger partial charge in [0.15, 0.2) is 0 Å². The average molecular weight is 309 g/mol. The maximum Gasteiger partial charge on any atom is 0.309 e. The Morgan fingerprint density at radius 3 is 2.18 bits per heavy atom. The van der Waals surface area contributed by atoms with E-state index < -0.39 is 5.97 Å². The van der Waals surface area contributed by atoms with Crippen LogP contribution in [-0.2, 0) is 4.79 Å². The minimum atomic E-state index is -0.491. The number of carbonyl (C=O) groups is 1. The van der Waals surface area contributed by atoms with Crippen LogP contribution in [0.3, 0.4) is 0 Å². The molecule has 0 radical (unpaired) electrons. The molecule has 2 fully saturated rings. The molecule has 0 unspecified atom stereocenters. The monoisotopic (exact) mass is 308 g/mol. The molecular weight excluding hydrogens is 272 g/mol. The van der Waals surface area contributed by atoms with Gasteiger partial charge >= 0.3 is 5.97 Å². The highest BCUT2D eigenvalue weighted by molar-refractivity contribution is 5.75. The second kappa shape index (κ2) is 8.93. The molecule has 1 N–H and O–H groups in total. The Balaban J connectivity index is 1.74. The van der Waals surface area contributed by atoms with E-state index in [0.717, 1.165) is 31.6 Å². The maximum absolute atomic E-state index is 11.9. The molecule has 0 aromatic heterocycles. The van der Waals surface area contributed by atoms with Crippen LogP contribution in [-0.4, -0.2) is 11.1 Å². The van der Waals surface area contributed by atoms with E-state index in [1.54, 1.807) is 0 Å². The van der Waals surface area contributed by atoms with E-state index in [2.05, 4.69) is 6.92 Å². The summed E-state index contributed by atoms with van der Waals surface area (Å²) in [6.45, 7) is 2.27. The van der Waals surface area contributed by atoms with E-state index in [1.807, 2.05) is 0 Å². The number of hydrogen-bond donors (Lipinski definition) is 1. The van der Waals surface area contributed by atoms with Crippen LogP contribution in [0.5, 0.6) is 0 Å². The van der Waals surface area contributed by atoms with Crippen molar-refractivity contribution in [2.45, 2.75) is 103 Å². The summed E-state index contributed by atoms with van der Waals surface area (Å²) in [6.07, 6.45) is 18.6. The van der Waals surface area contributed by atoms with E-state index in [1.165, 1.54) is 70.6 Å². The van der Waals surface area contributed by atoms with Crippen LogP contribution in [0.2, 0.25) is 0 Å². The van der Waals surface area contributed by atoms with Gasteiger partial charge in [0, 0.05) is 0 Å². The molecule has 0 aliphatic heterocycles. The van der Waals surface area contributed by atoms with Crippen LogP contribution in [0.1, 0.15) is 103 Å².